The molecule has 2 heteroatoms. The minimum absolute atomic E-state index is 0.473. The molecule has 0 nitrogen and oxygen atoms in total. The summed E-state index contributed by atoms with van der Waals surface area (Å²) < 4.78 is 0. The molecule has 0 aliphatic carbocycles. The summed E-state index contributed by atoms with van der Waals surface area (Å²) in [6.45, 7) is 0. The summed E-state index contributed by atoms with van der Waals surface area (Å²) in [5, 5.41) is 0.712. The molecule has 0 saturated carbocycles. The molecule has 1 radical (unpaired) electrons. The van der Waals surface area contributed by atoms with E-state index in [1.54, 1.807) is 18.2 Å². The lowest BCUT2D eigenvalue weighted by Gasteiger charge is -1.91. The third kappa shape index (κ3) is 1.88. The van der Waals surface area contributed by atoms with Crippen LogP contribution in [0.4, 0.5) is 0 Å². The van der Waals surface area contributed by atoms with Crippen LogP contribution >= 0.6 is 23.2 Å². The molecule has 47 valence electrons. The van der Waals surface area contributed by atoms with Gasteiger partial charge in [-0.15, -0.1) is 11.6 Å². The summed E-state index contributed by atoms with van der Waals surface area (Å²) in [5.74, 6) is 0.473. The highest BCUT2D eigenvalue weighted by atomic mass is 35.5. The maximum Gasteiger partial charge on any atom is 0.0480 e. The van der Waals surface area contributed by atoms with Crippen molar-refractivity contribution < 1.29 is 0 Å². The van der Waals surface area contributed by atoms with Gasteiger partial charge in [0, 0.05) is 10.9 Å². The number of rotatable bonds is 1. The van der Waals surface area contributed by atoms with E-state index in [0.29, 0.717) is 10.9 Å². The average molecular weight is 160 g/mol. The fourth-order valence-corrected chi connectivity index (χ4v) is 0.911. The van der Waals surface area contributed by atoms with Crippen molar-refractivity contribution in [1.29, 1.82) is 0 Å². The van der Waals surface area contributed by atoms with Crippen molar-refractivity contribution in [3.05, 3.63) is 34.9 Å². The van der Waals surface area contributed by atoms with Crippen LogP contribution in [-0.4, -0.2) is 0 Å². The van der Waals surface area contributed by atoms with Crippen LogP contribution in [0.2, 0.25) is 5.02 Å². The highest BCUT2D eigenvalue weighted by Gasteiger charge is 1.89. The summed E-state index contributed by atoms with van der Waals surface area (Å²) in [7, 11) is 0. The van der Waals surface area contributed by atoms with Gasteiger partial charge in [0.05, 0.1) is 0 Å². The SMILES string of the molecule is ClCc1[c]ccc(Cl)c1. The summed E-state index contributed by atoms with van der Waals surface area (Å²) in [6, 6.07) is 8.28. The number of halogens is 2. The van der Waals surface area contributed by atoms with Gasteiger partial charge in [-0.2, -0.15) is 0 Å². The number of alkyl halides is 1. The first-order valence-electron chi connectivity index (χ1n) is 2.55. The highest BCUT2D eigenvalue weighted by Crippen LogP contribution is 2.11. The Morgan fingerprint density at radius 3 is 2.78 bits per heavy atom. The Morgan fingerprint density at radius 2 is 2.33 bits per heavy atom. The normalized spacial score (nSPS) is 9.56. The van der Waals surface area contributed by atoms with Gasteiger partial charge in [0.2, 0.25) is 0 Å². The van der Waals surface area contributed by atoms with Gasteiger partial charge in [-0.1, -0.05) is 17.7 Å². The first kappa shape index (κ1) is 6.91. The number of hydrogen-bond acceptors (Lipinski definition) is 0. The van der Waals surface area contributed by atoms with E-state index in [4.69, 9.17) is 23.2 Å². The standard InChI is InChI=1S/C7H5Cl2/c8-5-6-2-1-3-7(9)4-6/h1,3-4H,5H2. The summed E-state index contributed by atoms with van der Waals surface area (Å²) in [6.07, 6.45) is 0. The molecule has 0 bridgehead atoms. The Balaban J connectivity index is 2.94. The minimum Gasteiger partial charge on any atom is -0.122 e. The Labute approximate surface area is 64.4 Å². The van der Waals surface area contributed by atoms with Crippen molar-refractivity contribution in [2.45, 2.75) is 5.88 Å². The van der Waals surface area contributed by atoms with Crippen LogP contribution in [0.1, 0.15) is 5.56 Å². The van der Waals surface area contributed by atoms with Gasteiger partial charge in [0.1, 0.15) is 0 Å². The monoisotopic (exact) mass is 159 g/mol. The fourth-order valence-electron chi connectivity index (χ4n) is 0.562. The Morgan fingerprint density at radius 1 is 1.56 bits per heavy atom. The van der Waals surface area contributed by atoms with Gasteiger partial charge < -0.3 is 0 Å². The third-order valence-corrected chi connectivity index (χ3v) is 1.49. The van der Waals surface area contributed by atoms with Gasteiger partial charge in [-0.05, 0) is 23.8 Å². The van der Waals surface area contributed by atoms with E-state index in [1.807, 2.05) is 0 Å². The molecule has 0 aliphatic heterocycles. The third-order valence-electron chi connectivity index (χ3n) is 0.967. The van der Waals surface area contributed by atoms with Crippen LogP contribution in [0.25, 0.3) is 0 Å². The molecule has 1 rings (SSSR count). The van der Waals surface area contributed by atoms with Crippen LogP contribution in [-0.2, 0) is 5.88 Å². The molecule has 0 fully saturated rings. The van der Waals surface area contributed by atoms with Gasteiger partial charge >= 0.3 is 0 Å². The molecule has 0 amide bonds. The molecule has 1 aromatic rings. The quantitative estimate of drug-likeness (QED) is 0.554. The van der Waals surface area contributed by atoms with E-state index < -0.39 is 0 Å². The summed E-state index contributed by atoms with van der Waals surface area (Å²) in [5.41, 5.74) is 0.934. The van der Waals surface area contributed by atoms with Crippen molar-refractivity contribution in [3.8, 4) is 0 Å². The van der Waals surface area contributed by atoms with Crippen LogP contribution in [0.5, 0.6) is 0 Å². The van der Waals surface area contributed by atoms with Gasteiger partial charge in [0.15, 0.2) is 0 Å². The van der Waals surface area contributed by atoms with Gasteiger partial charge in [-0.3, -0.25) is 0 Å². The van der Waals surface area contributed by atoms with Crippen LogP contribution in [0.15, 0.2) is 18.2 Å². The van der Waals surface area contributed by atoms with Crippen molar-refractivity contribution in [3.63, 3.8) is 0 Å². The van der Waals surface area contributed by atoms with Crippen molar-refractivity contribution >= 4 is 23.2 Å². The van der Waals surface area contributed by atoms with Crippen LogP contribution < -0.4 is 0 Å². The molecule has 0 unspecified atom stereocenters. The van der Waals surface area contributed by atoms with E-state index in [2.05, 4.69) is 6.07 Å². The predicted molar refractivity (Wildman–Crippen MR) is 39.8 cm³/mol. The van der Waals surface area contributed by atoms with E-state index in [-0.39, 0.29) is 0 Å². The molecule has 0 aromatic heterocycles. The second kappa shape index (κ2) is 3.09. The van der Waals surface area contributed by atoms with Crippen molar-refractivity contribution in [2.75, 3.05) is 0 Å². The van der Waals surface area contributed by atoms with Gasteiger partial charge in [-0.25, -0.2) is 0 Å². The smallest absolute Gasteiger partial charge is 0.0480 e. The van der Waals surface area contributed by atoms with Crippen LogP contribution in [0.3, 0.4) is 0 Å². The lowest BCUT2D eigenvalue weighted by atomic mass is 10.2. The summed E-state index contributed by atoms with van der Waals surface area (Å²) >= 11 is 11.2. The number of hydrogen-bond donors (Lipinski definition) is 0. The molecule has 0 heterocycles. The molecule has 0 N–H and O–H groups in total. The van der Waals surface area contributed by atoms with Gasteiger partial charge in [0.25, 0.3) is 0 Å². The zero-order chi connectivity index (χ0) is 6.69. The van der Waals surface area contributed by atoms with Crippen molar-refractivity contribution in [2.24, 2.45) is 0 Å². The first-order valence-corrected chi connectivity index (χ1v) is 3.46. The molecule has 0 atom stereocenters. The maximum absolute atomic E-state index is 5.64. The molecule has 0 saturated heterocycles. The Hall–Kier alpha value is -0.200. The first-order chi connectivity index (χ1) is 4.33. The van der Waals surface area contributed by atoms with E-state index >= 15 is 0 Å². The molecular formula is C7H5Cl2. The zero-order valence-electron chi connectivity index (χ0n) is 4.70. The molecular weight excluding hydrogens is 155 g/mol. The average Bonchev–Trinajstić information content (AvgIpc) is 1.88. The van der Waals surface area contributed by atoms with E-state index in [1.165, 1.54) is 0 Å². The molecule has 0 spiro atoms. The minimum atomic E-state index is 0.473. The molecule has 0 aliphatic rings. The Bertz CT molecular complexity index is 196. The highest BCUT2D eigenvalue weighted by molar-refractivity contribution is 6.30. The second-order valence-electron chi connectivity index (χ2n) is 1.67. The second-order valence-corrected chi connectivity index (χ2v) is 2.37. The lowest BCUT2D eigenvalue weighted by Crippen LogP contribution is -1.74. The largest absolute Gasteiger partial charge is 0.122 e. The lowest BCUT2D eigenvalue weighted by molar-refractivity contribution is 1.39. The maximum atomic E-state index is 5.64. The van der Waals surface area contributed by atoms with E-state index in [9.17, 15) is 0 Å². The molecule has 9 heavy (non-hydrogen) atoms. The molecule has 1 aromatic carbocycles. The van der Waals surface area contributed by atoms with Crippen LogP contribution in [0, 0.1) is 6.07 Å². The number of benzene rings is 1. The van der Waals surface area contributed by atoms with E-state index in [0.717, 1.165) is 5.56 Å². The predicted octanol–water partition coefficient (Wildman–Crippen LogP) is 2.88. The fraction of sp³-hybridized carbons (Fsp3) is 0.143. The summed E-state index contributed by atoms with van der Waals surface area (Å²) in [4.78, 5) is 0. The topological polar surface area (TPSA) is 0 Å². The Kier molecular flexibility index (Phi) is 2.38. The zero-order valence-corrected chi connectivity index (χ0v) is 6.21. The van der Waals surface area contributed by atoms with Crippen molar-refractivity contribution in [1.82, 2.24) is 0 Å².